The molecular formula is C13H19N7O7S. The molecule has 0 radical (unpaired) electrons. The van der Waals surface area contributed by atoms with Crippen molar-refractivity contribution in [2.75, 3.05) is 13.1 Å². The van der Waals surface area contributed by atoms with E-state index in [0.717, 1.165) is 12.8 Å². The van der Waals surface area contributed by atoms with Crippen LogP contribution in [0.15, 0.2) is 9.41 Å². The van der Waals surface area contributed by atoms with Crippen molar-refractivity contribution in [3.05, 3.63) is 11.8 Å². The van der Waals surface area contributed by atoms with Gasteiger partial charge in [0.1, 0.15) is 6.04 Å². The minimum absolute atomic E-state index is 0.102. The van der Waals surface area contributed by atoms with Crippen molar-refractivity contribution < 1.29 is 31.6 Å². The van der Waals surface area contributed by atoms with Crippen LogP contribution in [0.3, 0.4) is 0 Å². The molecule has 1 spiro atoms. The number of aromatic nitrogens is 2. The maximum Gasteiger partial charge on any atom is 0.418 e. The van der Waals surface area contributed by atoms with E-state index >= 15 is 0 Å². The van der Waals surface area contributed by atoms with Crippen LogP contribution in [0.2, 0.25) is 0 Å². The van der Waals surface area contributed by atoms with Crippen LogP contribution in [0.25, 0.3) is 0 Å². The number of urea groups is 1. The Morgan fingerprint density at radius 2 is 2.14 bits per heavy atom. The van der Waals surface area contributed by atoms with E-state index in [4.69, 9.17) is 20.4 Å². The molecule has 1 saturated carbocycles. The Kier molecular flexibility index (Phi) is 4.22. The zero-order valence-corrected chi connectivity index (χ0v) is 15.3. The minimum atomic E-state index is -4.84. The van der Waals surface area contributed by atoms with Gasteiger partial charge in [-0.05, 0) is 24.7 Å². The molecule has 1 aromatic heterocycles. The van der Waals surface area contributed by atoms with Gasteiger partial charge in [-0.2, -0.15) is 13.5 Å². The molecule has 6 N–H and O–H groups in total. The van der Waals surface area contributed by atoms with Crippen LogP contribution < -0.4 is 11.5 Å². The van der Waals surface area contributed by atoms with Gasteiger partial charge in [-0.15, -0.1) is 14.5 Å². The van der Waals surface area contributed by atoms with E-state index in [9.17, 15) is 18.3 Å². The number of hydrogen-bond acceptors (Lipinski definition) is 9. The van der Waals surface area contributed by atoms with Crippen molar-refractivity contribution in [3.8, 4) is 0 Å². The number of fused-ring (bicyclic) bond motifs is 3. The van der Waals surface area contributed by atoms with Crippen molar-refractivity contribution >= 4 is 22.4 Å². The van der Waals surface area contributed by atoms with Gasteiger partial charge in [0.05, 0.1) is 12.6 Å². The van der Waals surface area contributed by atoms with Gasteiger partial charge in [0, 0.05) is 6.54 Å². The molecule has 3 atom stereocenters. The molecule has 2 bridgehead atoms. The summed E-state index contributed by atoms with van der Waals surface area (Å²) >= 11 is 0. The Morgan fingerprint density at radius 3 is 2.75 bits per heavy atom. The second kappa shape index (κ2) is 6.26. The highest BCUT2D eigenvalue weighted by atomic mass is 32.3. The quantitative estimate of drug-likeness (QED) is 0.236. The van der Waals surface area contributed by atoms with Gasteiger partial charge >= 0.3 is 16.4 Å². The average molecular weight is 417 g/mol. The van der Waals surface area contributed by atoms with Gasteiger partial charge in [0.25, 0.3) is 0 Å². The first-order valence-corrected chi connectivity index (χ1v) is 9.80. The molecule has 28 heavy (non-hydrogen) atoms. The molecular weight excluding hydrogens is 398 g/mol. The fourth-order valence-electron chi connectivity index (χ4n) is 3.82. The molecule has 1 aliphatic carbocycles. The molecule has 1 aromatic rings. The molecule has 14 nitrogen and oxygen atoms in total. The molecule has 2 saturated heterocycles. The topological polar surface area (TPSA) is 211 Å². The summed E-state index contributed by atoms with van der Waals surface area (Å²) in [4.78, 5) is 17.7. The number of aliphatic hydroxyl groups is 1. The second-order valence-corrected chi connectivity index (χ2v) is 8.13. The van der Waals surface area contributed by atoms with Crippen molar-refractivity contribution in [1.29, 1.82) is 0 Å². The van der Waals surface area contributed by atoms with Gasteiger partial charge < -0.3 is 25.9 Å². The molecule has 3 heterocycles. The van der Waals surface area contributed by atoms with Crippen LogP contribution in [-0.2, 0) is 14.7 Å². The maximum atomic E-state index is 12.6. The number of aliphatic hydroxyl groups excluding tert-OH is 1. The first kappa shape index (κ1) is 18.9. The highest BCUT2D eigenvalue weighted by Gasteiger charge is 2.64. The summed E-state index contributed by atoms with van der Waals surface area (Å²) < 4.78 is 41.3. The summed E-state index contributed by atoms with van der Waals surface area (Å²) in [5.41, 5.74) is 10.1. The third-order valence-electron chi connectivity index (χ3n) is 5.31. The normalized spacial score (nSPS) is 26.6. The van der Waals surface area contributed by atoms with E-state index in [0.29, 0.717) is 11.5 Å². The summed E-state index contributed by atoms with van der Waals surface area (Å²) in [7, 11) is -4.84. The summed E-state index contributed by atoms with van der Waals surface area (Å²) in [6.45, 7) is 0.0204. The number of carbonyl (C=O) groups excluding carboxylic acids is 1. The van der Waals surface area contributed by atoms with Gasteiger partial charge in [0.2, 0.25) is 11.8 Å². The van der Waals surface area contributed by atoms with E-state index in [2.05, 4.69) is 19.5 Å². The Hall–Kier alpha value is -2.49. The SMILES string of the molecule is NC(N)=NC[C@@H](O)c1nnc([C@@H]2CC3(CC3)[C@@H]3CN2C(=O)N3OS(=O)(=O)O)o1. The molecule has 3 fully saturated rings. The smallest absolute Gasteiger partial charge is 0.418 e. The third kappa shape index (κ3) is 3.25. The lowest BCUT2D eigenvalue weighted by Gasteiger charge is -2.34. The number of nitrogens with zero attached hydrogens (tertiary/aromatic N) is 5. The highest BCUT2D eigenvalue weighted by molar-refractivity contribution is 7.80. The molecule has 2 amide bonds. The lowest BCUT2D eigenvalue weighted by molar-refractivity contribution is -0.0530. The van der Waals surface area contributed by atoms with Crippen LogP contribution in [0.4, 0.5) is 4.79 Å². The molecule has 15 heteroatoms. The molecule has 3 aliphatic rings. The zero-order chi connectivity index (χ0) is 20.3. The number of guanidine groups is 1. The molecule has 0 aromatic carbocycles. The Balaban J connectivity index is 1.57. The summed E-state index contributed by atoms with van der Waals surface area (Å²) in [6, 6.07) is -1.84. The predicted octanol–water partition coefficient (Wildman–Crippen LogP) is -1.56. The van der Waals surface area contributed by atoms with Crippen LogP contribution in [0.5, 0.6) is 0 Å². The Morgan fingerprint density at radius 1 is 1.43 bits per heavy atom. The van der Waals surface area contributed by atoms with Crippen molar-refractivity contribution in [2.24, 2.45) is 21.9 Å². The highest BCUT2D eigenvalue weighted by Crippen LogP contribution is 2.61. The second-order valence-electron chi connectivity index (χ2n) is 7.12. The fourth-order valence-corrected chi connectivity index (χ4v) is 4.19. The van der Waals surface area contributed by atoms with E-state index in [1.165, 1.54) is 4.90 Å². The maximum absolute atomic E-state index is 12.6. The summed E-state index contributed by atoms with van der Waals surface area (Å²) in [5.74, 6) is -0.204. The zero-order valence-electron chi connectivity index (χ0n) is 14.5. The fraction of sp³-hybridized carbons (Fsp3) is 0.692. The molecule has 0 unspecified atom stereocenters. The van der Waals surface area contributed by atoms with Gasteiger partial charge in [-0.1, -0.05) is 0 Å². The number of amides is 2. The van der Waals surface area contributed by atoms with Crippen LogP contribution in [0.1, 0.15) is 43.2 Å². The van der Waals surface area contributed by atoms with E-state index in [1.807, 2.05) is 0 Å². The standard InChI is InChI=1S/C13H19N7O7S/c14-11(15)16-4-7(21)10-18-17-9(26-10)6-3-13(1-2-13)8-5-19(6)12(22)20(8)27-28(23,24)25/h6-8,21H,1-5H2,(H4,14,15,16)(H,23,24,25)/t6-,7+,8-/m0/s1. The van der Waals surface area contributed by atoms with Crippen LogP contribution in [-0.4, -0.2) is 69.4 Å². The third-order valence-corrected chi connectivity index (χ3v) is 5.66. The number of hydroxylamine groups is 2. The molecule has 154 valence electrons. The van der Waals surface area contributed by atoms with Gasteiger partial charge in [0.15, 0.2) is 12.1 Å². The van der Waals surface area contributed by atoms with Crippen molar-refractivity contribution in [3.63, 3.8) is 0 Å². The summed E-state index contributed by atoms with van der Waals surface area (Å²) in [6.07, 6.45) is 0.757. The first-order valence-electron chi connectivity index (χ1n) is 8.43. The number of hydrogen-bond donors (Lipinski definition) is 4. The predicted molar refractivity (Wildman–Crippen MR) is 89.3 cm³/mol. The van der Waals surface area contributed by atoms with Gasteiger partial charge in [-0.3, -0.25) is 9.55 Å². The minimum Gasteiger partial charge on any atom is -0.420 e. The Bertz CT molecular complexity index is 923. The van der Waals surface area contributed by atoms with Crippen molar-refractivity contribution in [1.82, 2.24) is 20.2 Å². The number of piperidine rings is 1. The Labute approximate surface area is 159 Å². The van der Waals surface area contributed by atoms with E-state index in [-0.39, 0.29) is 36.2 Å². The molecule has 2 aliphatic heterocycles. The van der Waals surface area contributed by atoms with Crippen LogP contribution >= 0.6 is 0 Å². The number of carbonyl (C=O) groups is 1. The van der Waals surface area contributed by atoms with Gasteiger partial charge in [-0.25, -0.2) is 4.79 Å². The number of aliphatic imine (C=N–C) groups is 1. The van der Waals surface area contributed by atoms with E-state index in [1.54, 1.807) is 0 Å². The number of rotatable bonds is 6. The first-order chi connectivity index (χ1) is 13.1. The number of nitrogens with two attached hydrogens (primary N) is 2. The summed E-state index contributed by atoms with van der Waals surface area (Å²) in [5, 5.41) is 18.4. The lowest BCUT2D eigenvalue weighted by atomic mass is 9.85. The van der Waals surface area contributed by atoms with Crippen molar-refractivity contribution in [2.45, 2.75) is 37.5 Å². The van der Waals surface area contributed by atoms with Crippen LogP contribution in [0, 0.1) is 5.41 Å². The monoisotopic (exact) mass is 417 g/mol. The van der Waals surface area contributed by atoms with E-state index < -0.39 is 34.6 Å². The largest absolute Gasteiger partial charge is 0.420 e. The molecule has 4 rings (SSSR count). The lowest BCUT2D eigenvalue weighted by Crippen LogP contribution is -2.43. The average Bonchev–Trinajstić information content (AvgIpc) is 3.09.